The summed E-state index contributed by atoms with van der Waals surface area (Å²) in [6, 6.07) is 2.91. The van der Waals surface area contributed by atoms with Gasteiger partial charge >= 0.3 is 0 Å². The van der Waals surface area contributed by atoms with Crippen LogP contribution in [0.25, 0.3) is 0 Å². The molecule has 1 aromatic carbocycles. The average Bonchev–Trinajstić information content (AvgIpc) is 2.51. The third kappa shape index (κ3) is 4.37. The van der Waals surface area contributed by atoms with Crippen molar-refractivity contribution in [1.82, 2.24) is 4.31 Å². The smallest absolute Gasteiger partial charge is 0.271 e. The summed E-state index contributed by atoms with van der Waals surface area (Å²) in [6.45, 7) is 4.57. The zero-order valence-electron chi connectivity index (χ0n) is 13.8. The number of non-ortho nitro benzene ring substituents is 1. The van der Waals surface area contributed by atoms with Crippen LogP contribution in [0.4, 0.5) is 11.4 Å². The van der Waals surface area contributed by atoms with Gasteiger partial charge in [-0.25, -0.2) is 12.7 Å². The number of halogens is 1. The molecule has 9 heteroatoms. The molecule has 0 aliphatic carbocycles. The third-order valence-corrected chi connectivity index (χ3v) is 6.52. The largest absolute Gasteiger partial charge is 0.381 e. The number of nitrogens with one attached hydrogen (secondary N) is 1. The molecule has 0 bridgehead atoms. The number of aryl methyl sites for hydroxylation is 1. The summed E-state index contributed by atoms with van der Waals surface area (Å²) in [5.41, 5.74) is 1.34. The minimum absolute atomic E-state index is 0.0384. The summed E-state index contributed by atoms with van der Waals surface area (Å²) in [7, 11) is -3.16. The maximum atomic E-state index is 12.1. The fourth-order valence-corrected chi connectivity index (χ4v) is 4.74. The van der Waals surface area contributed by atoms with Gasteiger partial charge in [0, 0.05) is 31.3 Å². The summed E-state index contributed by atoms with van der Waals surface area (Å²) in [4.78, 5) is 10.4. The number of hydrogen-bond donors (Lipinski definition) is 1. The molecule has 1 N–H and O–H groups in total. The molecular formula is C15H22ClN3O4S. The van der Waals surface area contributed by atoms with Crippen molar-refractivity contribution >= 4 is 33.0 Å². The highest BCUT2D eigenvalue weighted by atomic mass is 35.5. The Labute approximate surface area is 147 Å². The molecule has 0 saturated carbocycles. The van der Waals surface area contributed by atoms with E-state index in [-0.39, 0.29) is 17.5 Å². The van der Waals surface area contributed by atoms with Gasteiger partial charge < -0.3 is 5.32 Å². The van der Waals surface area contributed by atoms with Crippen LogP contribution in [0.5, 0.6) is 0 Å². The Morgan fingerprint density at radius 1 is 1.38 bits per heavy atom. The van der Waals surface area contributed by atoms with Gasteiger partial charge in [0.25, 0.3) is 5.69 Å². The van der Waals surface area contributed by atoms with Crippen LogP contribution in [-0.4, -0.2) is 42.5 Å². The lowest BCUT2D eigenvalue weighted by Crippen LogP contribution is -2.43. The molecule has 1 heterocycles. The van der Waals surface area contributed by atoms with Gasteiger partial charge in [0.15, 0.2) is 0 Å². The van der Waals surface area contributed by atoms with Crippen LogP contribution in [0.2, 0.25) is 5.02 Å². The van der Waals surface area contributed by atoms with E-state index in [0.717, 1.165) is 0 Å². The molecule has 134 valence electrons. The average molecular weight is 376 g/mol. The van der Waals surface area contributed by atoms with Crippen LogP contribution in [0.1, 0.15) is 31.7 Å². The van der Waals surface area contributed by atoms with E-state index in [9.17, 15) is 18.5 Å². The second kappa shape index (κ2) is 7.67. The van der Waals surface area contributed by atoms with Crippen molar-refractivity contribution in [3.8, 4) is 0 Å². The Balaban J connectivity index is 2.03. The van der Waals surface area contributed by atoms with Gasteiger partial charge in [-0.2, -0.15) is 0 Å². The van der Waals surface area contributed by atoms with Crippen LogP contribution in [0.3, 0.4) is 0 Å². The number of nitrogens with zero attached hydrogens (tertiary/aromatic N) is 2. The highest BCUT2D eigenvalue weighted by Crippen LogP contribution is 2.32. The Kier molecular flexibility index (Phi) is 6.06. The first-order valence-corrected chi connectivity index (χ1v) is 9.92. The second-order valence-corrected chi connectivity index (χ2v) is 8.51. The highest BCUT2D eigenvalue weighted by Gasteiger charge is 2.28. The Morgan fingerprint density at radius 3 is 2.50 bits per heavy atom. The van der Waals surface area contributed by atoms with Gasteiger partial charge in [-0.3, -0.25) is 10.1 Å². The topological polar surface area (TPSA) is 92.6 Å². The van der Waals surface area contributed by atoms with Crippen LogP contribution >= 0.6 is 11.6 Å². The fourth-order valence-electron chi connectivity index (χ4n) is 2.88. The minimum atomic E-state index is -3.16. The molecule has 2 rings (SSSR count). The maximum absolute atomic E-state index is 12.1. The number of nitro groups is 1. The Bertz CT molecular complexity index is 692. The Hall–Kier alpha value is -1.38. The standard InChI is InChI=1S/C15H22ClN3O4S/c1-3-8-24(22,23)18-6-4-12(5-7-18)17-15-11(2)9-13(19(20)21)10-14(15)16/h9-10,12,17H,3-8H2,1-2H3. The SMILES string of the molecule is CCCS(=O)(=O)N1CCC(Nc2c(C)cc([N+](=O)[O-])cc2Cl)CC1. The number of piperidine rings is 1. The predicted molar refractivity (Wildman–Crippen MR) is 95.1 cm³/mol. The molecule has 1 aliphatic heterocycles. The van der Waals surface area contributed by atoms with Gasteiger partial charge in [0.1, 0.15) is 0 Å². The molecule has 1 fully saturated rings. The first-order chi connectivity index (χ1) is 11.2. The van der Waals surface area contributed by atoms with Gasteiger partial charge in [0.05, 0.1) is 21.4 Å². The van der Waals surface area contributed by atoms with E-state index < -0.39 is 14.9 Å². The summed E-state index contributed by atoms with van der Waals surface area (Å²) in [6.07, 6.45) is 1.96. The molecule has 24 heavy (non-hydrogen) atoms. The third-order valence-electron chi connectivity index (χ3n) is 4.14. The van der Waals surface area contributed by atoms with Crippen molar-refractivity contribution in [2.24, 2.45) is 0 Å². The van der Waals surface area contributed by atoms with Gasteiger partial charge in [0.2, 0.25) is 10.0 Å². The first kappa shape index (κ1) is 19.0. The molecule has 0 atom stereocenters. The number of anilines is 1. The summed E-state index contributed by atoms with van der Waals surface area (Å²) < 4.78 is 25.7. The zero-order chi connectivity index (χ0) is 17.9. The lowest BCUT2D eigenvalue weighted by atomic mass is 10.1. The van der Waals surface area contributed by atoms with Crippen molar-refractivity contribution in [2.75, 3.05) is 24.2 Å². The summed E-state index contributed by atoms with van der Waals surface area (Å²) in [5.74, 6) is 0.179. The fraction of sp³-hybridized carbons (Fsp3) is 0.600. The second-order valence-electron chi connectivity index (χ2n) is 6.01. The number of sulfonamides is 1. The van der Waals surface area contributed by atoms with Crippen LogP contribution < -0.4 is 5.32 Å². The minimum Gasteiger partial charge on any atom is -0.381 e. The predicted octanol–water partition coefficient (Wildman–Crippen LogP) is 3.17. The molecule has 0 amide bonds. The van der Waals surface area contributed by atoms with E-state index in [0.29, 0.717) is 48.6 Å². The van der Waals surface area contributed by atoms with Crippen LogP contribution in [0.15, 0.2) is 12.1 Å². The molecule has 0 spiro atoms. The molecule has 0 radical (unpaired) electrons. The van der Waals surface area contributed by atoms with E-state index in [1.807, 2.05) is 6.92 Å². The van der Waals surface area contributed by atoms with Gasteiger partial charge in [-0.1, -0.05) is 18.5 Å². The maximum Gasteiger partial charge on any atom is 0.271 e. The van der Waals surface area contributed by atoms with E-state index in [2.05, 4.69) is 5.32 Å². The van der Waals surface area contributed by atoms with Crippen LogP contribution in [-0.2, 0) is 10.0 Å². The normalized spacial score (nSPS) is 17.0. The molecule has 1 aromatic rings. The number of hydrogen-bond acceptors (Lipinski definition) is 5. The molecule has 0 aromatic heterocycles. The lowest BCUT2D eigenvalue weighted by molar-refractivity contribution is -0.384. The van der Waals surface area contributed by atoms with Crippen LogP contribution in [0, 0.1) is 17.0 Å². The van der Waals surface area contributed by atoms with E-state index >= 15 is 0 Å². The van der Waals surface area contributed by atoms with Crippen molar-refractivity contribution in [1.29, 1.82) is 0 Å². The highest BCUT2D eigenvalue weighted by molar-refractivity contribution is 7.89. The van der Waals surface area contributed by atoms with Gasteiger partial charge in [-0.05, 0) is 31.7 Å². The number of rotatable bonds is 6. The number of nitro benzene ring substituents is 1. The molecule has 1 saturated heterocycles. The number of benzene rings is 1. The summed E-state index contributed by atoms with van der Waals surface area (Å²) >= 11 is 6.17. The van der Waals surface area contributed by atoms with E-state index in [1.165, 1.54) is 12.1 Å². The first-order valence-electron chi connectivity index (χ1n) is 7.93. The quantitative estimate of drug-likeness (QED) is 0.608. The van der Waals surface area contributed by atoms with Crippen molar-refractivity contribution in [3.63, 3.8) is 0 Å². The van der Waals surface area contributed by atoms with Crippen molar-refractivity contribution in [3.05, 3.63) is 32.8 Å². The van der Waals surface area contributed by atoms with E-state index in [4.69, 9.17) is 11.6 Å². The van der Waals surface area contributed by atoms with E-state index in [1.54, 1.807) is 11.2 Å². The molecule has 1 aliphatic rings. The van der Waals surface area contributed by atoms with Crippen molar-refractivity contribution in [2.45, 2.75) is 39.2 Å². The summed E-state index contributed by atoms with van der Waals surface area (Å²) in [5, 5.41) is 14.5. The lowest BCUT2D eigenvalue weighted by Gasteiger charge is -2.32. The monoisotopic (exact) mass is 375 g/mol. The molecule has 0 unspecified atom stereocenters. The Morgan fingerprint density at radius 2 is 2.00 bits per heavy atom. The van der Waals surface area contributed by atoms with Crippen molar-refractivity contribution < 1.29 is 13.3 Å². The molecule has 7 nitrogen and oxygen atoms in total. The van der Waals surface area contributed by atoms with Gasteiger partial charge in [-0.15, -0.1) is 0 Å². The zero-order valence-corrected chi connectivity index (χ0v) is 15.4. The molecular weight excluding hydrogens is 354 g/mol.